The number of benzene rings is 2. The van der Waals surface area contributed by atoms with Gasteiger partial charge >= 0.3 is 6.18 Å². The fourth-order valence-electron chi connectivity index (χ4n) is 3.19. The van der Waals surface area contributed by atoms with Gasteiger partial charge in [0.1, 0.15) is 0 Å². The van der Waals surface area contributed by atoms with Crippen LogP contribution >= 0.6 is 0 Å². The van der Waals surface area contributed by atoms with Gasteiger partial charge in [0.15, 0.2) is 5.82 Å². The van der Waals surface area contributed by atoms with Gasteiger partial charge in [-0.05, 0) is 55.5 Å². The SMILES string of the molecule is COc1ccc(NS(=O)(=O)c2ccc(Nc3cc(C)nc4cc(C(F)(F)F)ccc34)cc2)nn1. The summed E-state index contributed by atoms with van der Waals surface area (Å²) in [5.41, 5.74) is 1.01. The molecule has 2 aromatic carbocycles. The Morgan fingerprint density at radius 3 is 2.29 bits per heavy atom. The minimum Gasteiger partial charge on any atom is -0.480 e. The number of aryl methyl sites for hydroxylation is 1. The molecule has 8 nitrogen and oxygen atoms in total. The van der Waals surface area contributed by atoms with Crippen molar-refractivity contribution in [2.45, 2.75) is 18.0 Å². The molecule has 2 heterocycles. The fraction of sp³-hybridized carbons (Fsp3) is 0.136. The summed E-state index contributed by atoms with van der Waals surface area (Å²) in [5.74, 6) is 0.270. The molecule has 176 valence electrons. The largest absolute Gasteiger partial charge is 0.480 e. The zero-order chi connectivity index (χ0) is 24.5. The average molecular weight is 489 g/mol. The molecule has 0 spiro atoms. The zero-order valence-corrected chi connectivity index (χ0v) is 18.7. The number of fused-ring (bicyclic) bond motifs is 1. The minimum absolute atomic E-state index is 0.0127. The van der Waals surface area contributed by atoms with E-state index in [2.05, 4.69) is 25.2 Å². The standard InChI is InChI=1S/C22H18F3N5O3S/c1-13-11-18(17-8-3-14(22(23,24)25)12-19(17)26-13)27-15-4-6-16(7-5-15)34(31,32)30-20-9-10-21(33-2)29-28-20/h3-12H,1-2H3,(H,26,27)(H,28,30). The third-order valence-corrected chi connectivity index (χ3v) is 6.17. The van der Waals surface area contributed by atoms with Gasteiger partial charge in [-0.15, -0.1) is 10.2 Å². The molecule has 0 radical (unpaired) electrons. The first-order valence-corrected chi connectivity index (χ1v) is 11.3. The molecule has 0 bridgehead atoms. The van der Waals surface area contributed by atoms with E-state index in [-0.39, 0.29) is 22.1 Å². The molecule has 0 aliphatic rings. The number of halogens is 3. The Bertz CT molecular complexity index is 1440. The third kappa shape index (κ3) is 5.01. The van der Waals surface area contributed by atoms with Crippen LogP contribution in [0.3, 0.4) is 0 Å². The fourth-order valence-corrected chi connectivity index (χ4v) is 4.19. The maximum Gasteiger partial charge on any atom is 0.416 e. The lowest BCUT2D eigenvalue weighted by Gasteiger charge is -2.13. The molecule has 2 aromatic heterocycles. The van der Waals surface area contributed by atoms with Gasteiger partial charge in [0, 0.05) is 28.5 Å². The molecular weight excluding hydrogens is 471 g/mol. The average Bonchev–Trinajstić information content (AvgIpc) is 2.78. The van der Waals surface area contributed by atoms with Crippen LogP contribution in [0.5, 0.6) is 5.88 Å². The molecule has 0 aliphatic heterocycles. The molecule has 4 rings (SSSR count). The number of nitrogens with one attached hydrogen (secondary N) is 2. The number of ether oxygens (including phenoxy) is 1. The molecule has 0 saturated heterocycles. The minimum atomic E-state index is -4.47. The second kappa shape index (κ2) is 8.78. The number of aromatic nitrogens is 3. The summed E-state index contributed by atoms with van der Waals surface area (Å²) in [4.78, 5) is 4.19. The monoisotopic (exact) mass is 489 g/mol. The topological polar surface area (TPSA) is 106 Å². The number of sulfonamides is 1. The van der Waals surface area contributed by atoms with Gasteiger partial charge in [-0.3, -0.25) is 9.71 Å². The number of hydrogen-bond donors (Lipinski definition) is 2. The second-order valence-corrected chi connectivity index (χ2v) is 8.94. The zero-order valence-electron chi connectivity index (χ0n) is 17.9. The summed E-state index contributed by atoms with van der Waals surface area (Å²) < 4.78 is 71.6. The number of hydrogen-bond acceptors (Lipinski definition) is 7. The predicted octanol–water partition coefficient (Wildman–Crippen LogP) is 4.91. The molecular formula is C22H18F3N5O3S. The number of anilines is 3. The lowest BCUT2D eigenvalue weighted by molar-refractivity contribution is -0.137. The van der Waals surface area contributed by atoms with Crippen molar-refractivity contribution in [3.63, 3.8) is 0 Å². The molecule has 0 amide bonds. The molecule has 0 unspecified atom stereocenters. The predicted molar refractivity (Wildman–Crippen MR) is 121 cm³/mol. The molecule has 4 aromatic rings. The summed E-state index contributed by atoms with van der Waals surface area (Å²) in [6.07, 6.45) is -4.47. The highest BCUT2D eigenvalue weighted by atomic mass is 32.2. The number of nitrogens with zero attached hydrogens (tertiary/aromatic N) is 3. The van der Waals surface area contributed by atoms with Crippen molar-refractivity contribution in [1.82, 2.24) is 15.2 Å². The molecule has 12 heteroatoms. The van der Waals surface area contributed by atoms with Crippen LogP contribution in [-0.4, -0.2) is 30.7 Å². The van der Waals surface area contributed by atoms with Gasteiger partial charge in [-0.2, -0.15) is 13.2 Å². The van der Waals surface area contributed by atoms with Crippen LogP contribution in [0.4, 0.5) is 30.4 Å². The molecule has 0 fully saturated rings. The van der Waals surface area contributed by atoms with Crippen LogP contribution in [0.15, 0.2) is 65.6 Å². The highest BCUT2D eigenvalue weighted by Gasteiger charge is 2.30. The van der Waals surface area contributed by atoms with E-state index in [4.69, 9.17) is 4.74 Å². The van der Waals surface area contributed by atoms with Crippen LogP contribution < -0.4 is 14.8 Å². The van der Waals surface area contributed by atoms with Crippen molar-refractivity contribution >= 4 is 38.1 Å². The van der Waals surface area contributed by atoms with Crippen molar-refractivity contribution in [3.8, 4) is 5.88 Å². The summed E-state index contributed by atoms with van der Waals surface area (Å²) in [6.45, 7) is 1.67. The Hall–Kier alpha value is -3.93. The van der Waals surface area contributed by atoms with Crippen molar-refractivity contribution in [1.29, 1.82) is 0 Å². The van der Waals surface area contributed by atoms with Crippen LogP contribution in [0.2, 0.25) is 0 Å². The summed E-state index contributed by atoms with van der Waals surface area (Å²) in [5, 5.41) is 11.1. The first-order valence-electron chi connectivity index (χ1n) is 9.81. The van der Waals surface area contributed by atoms with Gasteiger partial charge in [0.05, 0.1) is 23.1 Å². The van der Waals surface area contributed by atoms with Gasteiger partial charge in [0.2, 0.25) is 5.88 Å². The van der Waals surface area contributed by atoms with Crippen molar-refractivity contribution in [2.24, 2.45) is 0 Å². The molecule has 0 saturated carbocycles. The Labute approximate surface area is 192 Å². The van der Waals surface area contributed by atoms with E-state index >= 15 is 0 Å². The van der Waals surface area contributed by atoms with E-state index in [1.165, 1.54) is 37.4 Å². The van der Waals surface area contributed by atoms with Crippen LogP contribution in [0, 0.1) is 6.92 Å². The van der Waals surface area contributed by atoms with E-state index in [1.807, 2.05) is 0 Å². The van der Waals surface area contributed by atoms with Crippen molar-refractivity contribution < 1.29 is 26.3 Å². The van der Waals surface area contributed by atoms with Crippen molar-refractivity contribution in [2.75, 3.05) is 17.1 Å². The number of methoxy groups -OCH3 is 1. The first-order chi connectivity index (χ1) is 16.0. The third-order valence-electron chi connectivity index (χ3n) is 4.80. The maximum atomic E-state index is 13.1. The maximum absolute atomic E-state index is 13.1. The molecule has 0 atom stereocenters. The normalized spacial score (nSPS) is 11.9. The lowest BCUT2D eigenvalue weighted by Crippen LogP contribution is -2.14. The number of rotatable bonds is 6. The van der Waals surface area contributed by atoms with E-state index in [0.29, 0.717) is 22.5 Å². The summed E-state index contributed by atoms with van der Waals surface area (Å²) in [7, 11) is -2.50. The van der Waals surface area contributed by atoms with Gasteiger partial charge in [-0.25, -0.2) is 8.42 Å². The van der Waals surface area contributed by atoms with E-state index in [9.17, 15) is 21.6 Å². The first kappa shape index (κ1) is 23.2. The molecule has 0 aliphatic carbocycles. The number of alkyl halides is 3. The smallest absolute Gasteiger partial charge is 0.416 e. The van der Waals surface area contributed by atoms with Crippen molar-refractivity contribution in [3.05, 3.63) is 71.9 Å². The highest BCUT2D eigenvalue weighted by Crippen LogP contribution is 2.34. The molecule has 34 heavy (non-hydrogen) atoms. The van der Waals surface area contributed by atoms with Crippen LogP contribution in [0.1, 0.15) is 11.3 Å². The van der Waals surface area contributed by atoms with Gasteiger partial charge in [-0.1, -0.05) is 6.07 Å². The second-order valence-electron chi connectivity index (χ2n) is 7.26. The van der Waals surface area contributed by atoms with E-state index < -0.39 is 21.8 Å². The van der Waals surface area contributed by atoms with Gasteiger partial charge in [0.25, 0.3) is 10.0 Å². The van der Waals surface area contributed by atoms with E-state index in [1.54, 1.807) is 25.1 Å². The summed E-state index contributed by atoms with van der Waals surface area (Å²) in [6, 6.07) is 13.8. The Kier molecular flexibility index (Phi) is 6.00. The summed E-state index contributed by atoms with van der Waals surface area (Å²) >= 11 is 0. The Morgan fingerprint density at radius 2 is 1.68 bits per heavy atom. The lowest BCUT2D eigenvalue weighted by atomic mass is 10.1. The van der Waals surface area contributed by atoms with Crippen LogP contribution in [0.25, 0.3) is 10.9 Å². The molecule has 2 N–H and O–H groups in total. The number of pyridine rings is 1. The Balaban J connectivity index is 1.57. The Morgan fingerprint density at radius 1 is 0.941 bits per heavy atom. The van der Waals surface area contributed by atoms with Crippen LogP contribution in [-0.2, 0) is 16.2 Å². The van der Waals surface area contributed by atoms with E-state index in [0.717, 1.165) is 12.1 Å². The highest BCUT2D eigenvalue weighted by molar-refractivity contribution is 7.92. The quantitative estimate of drug-likeness (QED) is 0.397. The van der Waals surface area contributed by atoms with Gasteiger partial charge < -0.3 is 10.1 Å².